The Morgan fingerprint density at radius 2 is 1.77 bits per heavy atom. The largest absolute Gasteiger partial charge is 0.366 e. The van der Waals surface area contributed by atoms with Crippen molar-refractivity contribution in [1.29, 1.82) is 0 Å². The Labute approximate surface area is 158 Å². The van der Waals surface area contributed by atoms with Crippen molar-refractivity contribution in [3.8, 4) is 0 Å². The van der Waals surface area contributed by atoms with Crippen LogP contribution < -0.4 is 5.32 Å². The van der Waals surface area contributed by atoms with Gasteiger partial charge < -0.3 is 10.2 Å². The van der Waals surface area contributed by atoms with E-state index in [1.165, 1.54) is 0 Å². The Morgan fingerprint density at radius 3 is 2.50 bits per heavy atom. The normalized spacial score (nSPS) is 10.4. The van der Waals surface area contributed by atoms with E-state index in [9.17, 15) is 4.79 Å². The molecular formula is C21H20ClN3O. The fourth-order valence-electron chi connectivity index (χ4n) is 2.60. The van der Waals surface area contributed by atoms with Gasteiger partial charge in [0.15, 0.2) is 0 Å². The Kier molecular flexibility index (Phi) is 5.87. The Morgan fingerprint density at radius 1 is 1.04 bits per heavy atom. The summed E-state index contributed by atoms with van der Waals surface area (Å²) >= 11 is 5.90. The molecular weight excluding hydrogens is 346 g/mol. The van der Waals surface area contributed by atoms with Gasteiger partial charge in [-0.1, -0.05) is 54.1 Å². The lowest BCUT2D eigenvalue weighted by Crippen LogP contribution is -2.26. The number of rotatable bonds is 6. The van der Waals surface area contributed by atoms with Crippen molar-refractivity contribution in [3.05, 3.63) is 94.6 Å². The Hall–Kier alpha value is -2.85. The van der Waals surface area contributed by atoms with E-state index in [1.54, 1.807) is 30.3 Å². The van der Waals surface area contributed by atoms with E-state index in [0.29, 0.717) is 29.5 Å². The van der Waals surface area contributed by atoms with Crippen LogP contribution in [0.25, 0.3) is 0 Å². The number of nitrogens with one attached hydrogen (secondary N) is 1. The van der Waals surface area contributed by atoms with Gasteiger partial charge in [-0.05, 0) is 35.4 Å². The van der Waals surface area contributed by atoms with E-state index in [2.05, 4.69) is 10.3 Å². The highest BCUT2D eigenvalue weighted by atomic mass is 35.5. The van der Waals surface area contributed by atoms with Gasteiger partial charge in [-0.3, -0.25) is 4.79 Å². The van der Waals surface area contributed by atoms with Gasteiger partial charge >= 0.3 is 0 Å². The minimum absolute atomic E-state index is 0.0363. The summed E-state index contributed by atoms with van der Waals surface area (Å²) in [6.45, 7) is 1.18. The number of carbonyl (C=O) groups excluding carboxylic acids is 1. The van der Waals surface area contributed by atoms with Crippen molar-refractivity contribution in [3.63, 3.8) is 0 Å². The zero-order valence-corrected chi connectivity index (χ0v) is 15.3. The molecule has 26 heavy (non-hydrogen) atoms. The molecule has 3 rings (SSSR count). The first-order valence-corrected chi connectivity index (χ1v) is 8.73. The number of hydrogen-bond acceptors (Lipinski definition) is 3. The lowest BCUT2D eigenvalue weighted by molar-refractivity contribution is 0.0785. The maximum atomic E-state index is 12.7. The SMILES string of the molecule is CN(Cc1ccccc1)C(=O)c1ccnc(NCc2ccc(Cl)cc2)c1. The molecule has 5 heteroatoms. The Bertz CT molecular complexity index is 866. The summed E-state index contributed by atoms with van der Waals surface area (Å²) < 4.78 is 0. The van der Waals surface area contributed by atoms with Gasteiger partial charge in [0.1, 0.15) is 5.82 Å². The zero-order chi connectivity index (χ0) is 18.4. The number of carbonyl (C=O) groups is 1. The number of hydrogen-bond donors (Lipinski definition) is 1. The van der Waals surface area contributed by atoms with Crippen molar-refractivity contribution in [2.24, 2.45) is 0 Å². The van der Waals surface area contributed by atoms with E-state index >= 15 is 0 Å². The molecule has 2 aromatic carbocycles. The molecule has 132 valence electrons. The van der Waals surface area contributed by atoms with Crippen molar-refractivity contribution in [2.45, 2.75) is 13.1 Å². The number of halogens is 1. The van der Waals surface area contributed by atoms with Crippen LogP contribution in [0.5, 0.6) is 0 Å². The molecule has 0 spiro atoms. The molecule has 0 bridgehead atoms. The second-order valence-electron chi connectivity index (χ2n) is 6.06. The summed E-state index contributed by atoms with van der Waals surface area (Å²) in [5.41, 5.74) is 2.80. The number of benzene rings is 2. The highest BCUT2D eigenvalue weighted by Gasteiger charge is 2.13. The van der Waals surface area contributed by atoms with Gasteiger partial charge in [0.25, 0.3) is 5.91 Å². The van der Waals surface area contributed by atoms with Gasteiger partial charge in [0, 0.05) is 36.9 Å². The molecule has 0 atom stereocenters. The topological polar surface area (TPSA) is 45.2 Å². The van der Waals surface area contributed by atoms with E-state index in [0.717, 1.165) is 11.1 Å². The molecule has 1 N–H and O–H groups in total. The lowest BCUT2D eigenvalue weighted by atomic mass is 10.2. The maximum absolute atomic E-state index is 12.7. The average molecular weight is 366 g/mol. The molecule has 0 radical (unpaired) electrons. The van der Waals surface area contributed by atoms with Crippen LogP contribution in [0.1, 0.15) is 21.5 Å². The van der Waals surface area contributed by atoms with Crippen LogP contribution in [0.2, 0.25) is 5.02 Å². The third-order valence-electron chi connectivity index (χ3n) is 4.00. The maximum Gasteiger partial charge on any atom is 0.254 e. The summed E-state index contributed by atoms with van der Waals surface area (Å²) in [6, 6.07) is 21.1. The minimum atomic E-state index is -0.0363. The third kappa shape index (κ3) is 4.83. The van der Waals surface area contributed by atoms with Gasteiger partial charge in [-0.15, -0.1) is 0 Å². The van der Waals surface area contributed by atoms with Crippen molar-refractivity contribution in [1.82, 2.24) is 9.88 Å². The second-order valence-corrected chi connectivity index (χ2v) is 6.49. The van der Waals surface area contributed by atoms with Gasteiger partial charge in [-0.2, -0.15) is 0 Å². The van der Waals surface area contributed by atoms with Crippen LogP contribution in [0.4, 0.5) is 5.82 Å². The minimum Gasteiger partial charge on any atom is -0.366 e. The van der Waals surface area contributed by atoms with Crippen LogP contribution in [0.3, 0.4) is 0 Å². The van der Waals surface area contributed by atoms with Gasteiger partial charge in [0.05, 0.1) is 0 Å². The standard InChI is InChI=1S/C21H20ClN3O/c1-25(15-17-5-3-2-4-6-17)21(26)18-11-12-23-20(13-18)24-14-16-7-9-19(22)10-8-16/h2-13H,14-15H2,1H3,(H,23,24). The number of amides is 1. The molecule has 1 amide bonds. The van der Waals surface area contributed by atoms with Crippen molar-refractivity contribution >= 4 is 23.3 Å². The second kappa shape index (κ2) is 8.50. The van der Waals surface area contributed by atoms with Crippen molar-refractivity contribution in [2.75, 3.05) is 12.4 Å². The molecule has 0 unspecified atom stereocenters. The van der Waals surface area contributed by atoms with Gasteiger partial charge in [-0.25, -0.2) is 4.98 Å². The molecule has 1 heterocycles. The van der Waals surface area contributed by atoms with Gasteiger partial charge in [0.2, 0.25) is 0 Å². The van der Waals surface area contributed by atoms with E-state index in [-0.39, 0.29) is 5.91 Å². The highest BCUT2D eigenvalue weighted by Crippen LogP contribution is 2.14. The van der Waals surface area contributed by atoms with Crippen LogP contribution in [0, 0.1) is 0 Å². The summed E-state index contributed by atoms with van der Waals surface area (Å²) in [5.74, 6) is 0.629. The summed E-state index contributed by atoms with van der Waals surface area (Å²) in [4.78, 5) is 18.7. The molecule has 3 aromatic rings. The predicted molar refractivity (Wildman–Crippen MR) is 105 cm³/mol. The molecule has 0 aliphatic carbocycles. The molecule has 4 nitrogen and oxygen atoms in total. The Balaban J connectivity index is 1.64. The van der Waals surface area contributed by atoms with Crippen LogP contribution in [-0.2, 0) is 13.1 Å². The third-order valence-corrected chi connectivity index (χ3v) is 4.26. The molecule has 0 aliphatic heterocycles. The number of anilines is 1. The monoisotopic (exact) mass is 365 g/mol. The highest BCUT2D eigenvalue weighted by molar-refractivity contribution is 6.30. The van der Waals surface area contributed by atoms with E-state index < -0.39 is 0 Å². The lowest BCUT2D eigenvalue weighted by Gasteiger charge is -2.17. The van der Waals surface area contributed by atoms with Crippen LogP contribution in [0.15, 0.2) is 72.9 Å². The smallest absolute Gasteiger partial charge is 0.254 e. The zero-order valence-electron chi connectivity index (χ0n) is 14.5. The first-order chi connectivity index (χ1) is 12.6. The number of nitrogens with zero attached hydrogens (tertiary/aromatic N) is 2. The predicted octanol–water partition coefficient (Wildman–Crippen LogP) is 4.62. The van der Waals surface area contributed by atoms with E-state index in [1.807, 2.05) is 54.6 Å². The fraction of sp³-hybridized carbons (Fsp3) is 0.143. The summed E-state index contributed by atoms with van der Waals surface area (Å²) in [5, 5.41) is 3.95. The quantitative estimate of drug-likeness (QED) is 0.693. The average Bonchev–Trinajstić information content (AvgIpc) is 2.68. The molecule has 0 aliphatic rings. The number of pyridine rings is 1. The van der Waals surface area contributed by atoms with Crippen LogP contribution >= 0.6 is 11.6 Å². The van der Waals surface area contributed by atoms with E-state index in [4.69, 9.17) is 11.6 Å². The molecule has 1 aromatic heterocycles. The fourth-order valence-corrected chi connectivity index (χ4v) is 2.73. The summed E-state index contributed by atoms with van der Waals surface area (Å²) in [7, 11) is 1.80. The first-order valence-electron chi connectivity index (χ1n) is 8.35. The molecule has 0 saturated heterocycles. The summed E-state index contributed by atoms with van der Waals surface area (Å²) in [6.07, 6.45) is 1.65. The molecule has 0 saturated carbocycles. The van der Waals surface area contributed by atoms with Crippen LogP contribution in [-0.4, -0.2) is 22.8 Å². The number of aromatic nitrogens is 1. The molecule has 0 fully saturated rings. The van der Waals surface area contributed by atoms with Crippen molar-refractivity contribution < 1.29 is 4.79 Å². The first kappa shape index (κ1) is 18.0.